The second-order valence-corrected chi connectivity index (χ2v) is 25.2. The van der Waals surface area contributed by atoms with Gasteiger partial charge in [0.15, 0.2) is 5.78 Å². The van der Waals surface area contributed by atoms with Gasteiger partial charge < -0.3 is 57.9 Å². The smallest absolute Gasteiger partial charge is 0.329 e. The molecule has 1 aromatic rings. The molecule has 4 fully saturated rings. The fraction of sp³-hybridized carbons (Fsp3) is 0.742. The number of esters is 2. The fourth-order valence-electron chi connectivity index (χ4n) is 13.2. The van der Waals surface area contributed by atoms with Gasteiger partial charge in [0.2, 0.25) is 11.7 Å². The van der Waals surface area contributed by atoms with Crippen molar-refractivity contribution in [3.8, 4) is 0 Å². The standard InChI is InChI=1S/C66H103N5O15/c1-42-18-14-13-15-19-43(2)54(80-9)38-51-24-21-48(7)66(78,86-51)62(75)63(76)71-27-17-16-20-52(71)64(77)85-56(39-55(81-10)44(3)35-47(6)60(74)61(83-12)59(73)46(5)34-42)45(4)36-49-22-25-53(57(37-49)82-11)84-58(72)26-23-50-40-67-65(68-41-50)70-30-28-69(29-31-70)32-33-79-8/h13-15,18-19,35,40-42,44-46,48-49,51-57,60-61,74,78H,16-17,20-34,36-39H2,1-12H3/b15-13+,18-14+,43-19+,47-35+/t42-,44-,45-,46-,48-,49+,51+,52+,53-,54+,55-,56+,57-,60-,61+,66-/m1/s1. The summed E-state index contributed by atoms with van der Waals surface area (Å²) in [5.41, 5.74) is 2.25. The highest BCUT2D eigenvalue weighted by Gasteiger charge is 2.53. The average Bonchev–Trinajstić information content (AvgIpc) is 3.66. The number of hydrogen-bond acceptors (Lipinski definition) is 19. The molecule has 4 aliphatic heterocycles. The summed E-state index contributed by atoms with van der Waals surface area (Å²) >= 11 is 0. The molecule has 86 heavy (non-hydrogen) atoms. The molecule has 482 valence electrons. The number of hydrogen-bond donors (Lipinski definition) is 2. The Kier molecular flexibility index (Phi) is 28.0. The van der Waals surface area contributed by atoms with Crippen molar-refractivity contribution in [2.45, 2.75) is 199 Å². The molecule has 1 saturated carbocycles. The maximum Gasteiger partial charge on any atom is 0.329 e. The zero-order valence-corrected chi connectivity index (χ0v) is 53.6. The third-order valence-corrected chi connectivity index (χ3v) is 18.8. The van der Waals surface area contributed by atoms with Gasteiger partial charge in [0.25, 0.3) is 11.7 Å². The topological polar surface area (TPSA) is 235 Å². The number of anilines is 1. The molecule has 5 heterocycles. The van der Waals surface area contributed by atoms with Crippen molar-refractivity contribution in [2.75, 3.05) is 86.3 Å². The van der Waals surface area contributed by atoms with Gasteiger partial charge in [-0.15, -0.1) is 0 Å². The van der Waals surface area contributed by atoms with Crippen LogP contribution in [0.3, 0.4) is 0 Å². The zero-order chi connectivity index (χ0) is 62.7. The Hall–Kier alpha value is -4.77. The molecular weight excluding hydrogens is 1100 g/mol. The van der Waals surface area contributed by atoms with Crippen LogP contribution in [-0.2, 0) is 68.3 Å². The van der Waals surface area contributed by atoms with E-state index in [1.807, 2.05) is 71.1 Å². The molecule has 20 nitrogen and oxygen atoms in total. The van der Waals surface area contributed by atoms with Crippen molar-refractivity contribution in [1.82, 2.24) is 19.8 Å². The monoisotopic (exact) mass is 1210 g/mol. The Morgan fingerprint density at radius 2 is 1.51 bits per heavy atom. The summed E-state index contributed by atoms with van der Waals surface area (Å²) in [5, 5.41) is 23.9. The largest absolute Gasteiger partial charge is 0.460 e. The quantitative estimate of drug-likeness (QED) is 0.0991. The third-order valence-electron chi connectivity index (χ3n) is 18.8. The second-order valence-electron chi connectivity index (χ2n) is 25.2. The summed E-state index contributed by atoms with van der Waals surface area (Å²) in [6.07, 6.45) is 16.0. The molecule has 5 aliphatic rings. The molecule has 1 amide bonds. The maximum atomic E-state index is 14.9. The number of aryl methyl sites for hydroxylation is 1. The Balaban J connectivity index is 1.19. The number of allylic oxidation sites excluding steroid dienone is 5. The lowest BCUT2D eigenvalue weighted by molar-refractivity contribution is -0.265. The number of aliphatic hydroxyl groups is 2. The first-order valence-corrected chi connectivity index (χ1v) is 31.6. The fourth-order valence-corrected chi connectivity index (χ4v) is 13.2. The summed E-state index contributed by atoms with van der Waals surface area (Å²) in [5.74, 6) is -6.75. The van der Waals surface area contributed by atoms with Crippen LogP contribution in [0.4, 0.5) is 5.95 Å². The number of Topliss-reactive ketones (excluding diaryl/α,β-unsaturated/α-hetero) is 2. The molecule has 16 atom stereocenters. The predicted octanol–water partition coefficient (Wildman–Crippen LogP) is 7.37. The summed E-state index contributed by atoms with van der Waals surface area (Å²) in [4.78, 5) is 86.2. The minimum atomic E-state index is -2.44. The van der Waals surface area contributed by atoms with Crippen molar-refractivity contribution >= 4 is 35.4 Å². The van der Waals surface area contributed by atoms with E-state index in [2.05, 4.69) is 19.8 Å². The number of fused-ring (bicyclic) bond motifs is 3. The zero-order valence-electron chi connectivity index (χ0n) is 53.6. The predicted molar refractivity (Wildman–Crippen MR) is 326 cm³/mol. The van der Waals surface area contributed by atoms with E-state index < -0.39 is 84.1 Å². The van der Waals surface area contributed by atoms with Crippen LogP contribution >= 0.6 is 0 Å². The molecule has 20 heteroatoms. The molecule has 0 unspecified atom stereocenters. The summed E-state index contributed by atoms with van der Waals surface area (Å²) in [7, 11) is 7.93. The number of rotatable bonds is 15. The van der Waals surface area contributed by atoms with Crippen molar-refractivity contribution < 1.29 is 72.1 Å². The van der Waals surface area contributed by atoms with Gasteiger partial charge in [-0.05, 0) is 119 Å². The van der Waals surface area contributed by atoms with Crippen LogP contribution in [0.15, 0.2) is 60.0 Å². The number of piperazine rings is 1. The average molecular weight is 1210 g/mol. The van der Waals surface area contributed by atoms with Crippen molar-refractivity contribution in [3.05, 3.63) is 65.6 Å². The number of carbonyl (C=O) groups is 5. The van der Waals surface area contributed by atoms with Gasteiger partial charge in [-0.25, -0.2) is 14.8 Å². The number of aliphatic hydroxyl groups excluding tert-OH is 1. The highest BCUT2D eigenvalue weighted by molar-refractivity contribution is 6.39. The van der Waals surface area contributed by atoms with E-state index in [1.54, 1.807) is 54.7 Å². The molecule has 0 aromatic carbocycles. The van der Waals surface area contributed by atoms with E-state index in [-0.39, 0.29) is 67.3 Å². The van der Waals surface area contributed by atoms with Crippen LogP contribution < -0.4 is 4.90 Å². The Morgan fingerprint density at radius 3 is 2.19 bits per heavy atom. The van der Waals surface area contributed by atoms with Gasteiger partial charge in [0.05, 0.1) is 31.0 Å². The number of piperidine rings is 1. The number of cyclic esters (lactones) is 1. The highest BCUT2D eigenvalue weighted by Crippen LogP contribution is 2.39. The lowest BCUT2D eigenvalue weighted by Crippen LogP contribution is -2.61. The minimum Gasteiger partial charge on any atom is -0.460 e. The molecule has 1 aromatic heterocycles. The molecule has 2 bridgehead atoms. The molecule has 3 saturated heterocycles. The van der Waals surface area contributed by atoms with E-state index in [4.69, 9.17) is 37.9 Å². The molecule has 0 radical (unpaired) electrons. The number of ketones is 2. The lowest BCUT2D eigenvalue weighted by atomic mass is 9.78. The number of nitrogens with zero attached hydrogens (tertiary/aromatic N) is 5. The molecular formula is C66H103N5O15. The first kappa shape index (κ1) is 70.3. The van der Waals surface area contributed by atoms with E-state index >= 15 is 0 Å². The van der Waals surface area contributed by atoms with Crippen LogP contribution in [0.25, 0.3) is 0 Å². The Labute approximate surface area is 511 Å². The van der Waals surface area contributed by atoms with E-state index in [9.17, 15) is 34.2 Å². The van der Waals surface area contributed by atoms with Crippen molar-refractivity contribution in [3.63, 3.8) is 0 Å². The van der Waals surface area contributed by atoms with Crippen LogP contribution in [0.2, 0.25) is 0 Å². The van der Waals surface area contributed by atoms with Crippen molar-refractivity contribution in [2.24, 2.45) is 35.5 Å². The maximum absolute atomic E-state index is 14.9. The van der Waals surface area contributed by atoms with Crippen LogP contribution in [0.1, 0.15) is 138 Å². The normalized spacial score (nSPS) is 35.5. The number of methoxy groups -OCH3 is 5. The van der Waals surface area contributed by atoms with Gasteiger partial charge >= 0.3 is 11.9 Å². The van der Waals surface area contributed by atoms with Crippen LogP contribution in [-0.4, -0.2) is 201 Å². The number of aromatic nitrogens is 2. The third kappa shape index (κ3) is 19.4. The van der Waals surface area contributed by atoms with Gasteiger partial charge in [-0.1, -0.05) is 71.1 Å². The summed E-state index contributed by atoms with van der Waals surface area (Å²) < 4.78 is 47.9. The van der Waals surface area contributed by atoms with E-state index in [1.165, 1.54) is 12.0 Å². The first-order chi connectivity index (χ1) is 41.1. The van der Waals surface area contributed by atoms with Gasteiger partial charge in [0, 0.05) is 124 Å². The SMILES string of the molecule is COCCN1CCN(c2ncc(CCC(=O)O[C@@H]3CC[C@@H](C[C@@H](C)[C@@H]4C[C@@H](OC)[C@H](C)/C=C(\C)[C@@H](O)[C@@H](OC)C(=O)[C@H](C)C[C@H](C)/C=C/C=C/C=C(\C)[C@@H](OC)C[C@@H]5CC[C@@H](C)[C@@](O)(O5)C(=O)C(=O)N5CCCC[C@H]5C(=O)O4)C[C@H]3OC)cn2)CC1. The second kappa shape index (κ2) is 34.3. The molecule has 2 N–H and O–H groups in total. The Bertz CT molecular complexity index is 2460. The lowest BCUT2D eigenvalue weighted by Gasteiger charge is -2.43. The minimum absolute atomic E-state index is 0.0253. The number of ether oxygens (including phenoxy) is 8. The molecule has 6 rings (SSSR count). The van der Waals surface area contributed by atoms with E-state index in [0.717, 1.165) is 43.9 Å². The molecule has 1 aliphatic carbocycles. The van der Waals surface area contributed by atoms with Crippen molar-refractivity contribution in [1.29, 1.82) is 0 Å². The molecule has 0 spiro atoms. The van der Waals surface area contributed by atoms with Crippen LogP contribution in [0, 0.1) is 35.5 Å². The van der Waals surface area contributed by atoms with E-state index in [0.29, 0.717) is 88.8 Å². The van der Waals surface area contributed by atoms with Gasteiger partial charge in [-0.3, -0.25) is 24.1 Å². The van der Waals surface area contributed by atoms with Gasteiger partial charge in [-0.2, -0.15) is 0 Å². The summed E-state index contributed by atoms with van der Waals surface area (Å²) in [6, 6.07) is -1.12. The Morgan fingerprint density at radius 1 is 0.791 bits per heavy atom. The van der Waals surface area contributed by atoms with Crippen LogP contribution in [0.5, 0.6) is 0 Å². The van der Waals surface area contributed by atoms with Gasteiger partial charge in [0.1, 0.15) is 30.5 Å². The first-order valence-electron chi connectivity index (χ1n) is 31.6. The highest BCUT2D eigenvalue weighted by atomic mass is 16.6. The number of amides is 1. The summed E-state index contributed by atoms with van der Waals surface area (Å²) in [6.45, 7) is 18.4. The number of carbonyl (C=O) groups excluding carboxylic acids is 5.